The van der Waals surface area contributed by atoms with E-state index in [1.165, 1.54) is 7.11 Å². The Hall–Kier alpha value is -4.77. The highest BCUT2D eigenvalue weighted by atomic mass is 16.5. The first kappa shape index (κ1) is 24.4. The first-order valence-electron chi connectivity index (χ1n) is 11.3. The van der Waals surface area contributed by atoms with E-state index >= 15 is 0 Å². The molecule has 0 saturated carbocycles. The van der Waals surface area contributed by atoms with E-state index < -0.39 is 17.9 Å². The fourth-order valence-corrected chi connectivity index (χ4v) is 3.84. The molecule has 1 aliphatic heterocycles. The van der Waals surface area contributed by atoms with Gasteiger partial charge in [-0.3, -0.25) is 0 Å². The second-order valence-electron chi connectivity index (χ2n) is 8.00. The molecule has 0 radical (unpaired) electrons. The van der Waals surface area contributed by atoms with Gasteiger partial charge < -0.3 is 24.7 Å². The van der Waals surface area contributed by atoms with Gasteiger partial charge in [-0.15, -0.1) is 0 Å². The molecule has 1 aliphatic rings. The number of ether oxygens (including phenoxy) is 4. The number of esters is 2. The Bertz CT molecular complexity index is 1350. The maximum atomic E-state index is 12.6. The fourth-order valence-electron chi connectivity index (χ4n) is 3.84. The van der Waals surface area contributed by atoms with Crippen molar-refractivity contribution in [2.75, 3.05) is 13.7 Å². The molecule has 0 fully saturated rings. The van der Waals surface area contributed by atoms with Gasteiger partial charge in [0.05, 0.1) is 30.8 Å². The number of carbonyl (C=O) groups excluding carboxylic acids is 2. The second kappa shape index (κ2) is 10.7. The van der Waals surface area contributed by atoms with Gasteiger partial charge in [-0.05, 0) is 54.4 Å². The Balaban J connectivity index is 1.59. The lowest BCUT2D eigenvalue weighted by Gasteiger charge is -2.26. The van der Waals surface area contributed by atoms with Crippen molar-refractivity contribution in [3.05, 3.63) is 100 Å². The maximum absolute atomic E-state index is 12.6. The van der Waals surface area contributed by atoms with Crippen LogP contribution in [0.15, 0.2) is 78.2 Å². The van der Waals surface area contributed by atoms with Crippen molar-refractivity contribution in [2.45, 2.75) is 19.3 Å². The zero-order valence-electron chi connectivity index (χ0n) is 19.8. The van der Waals surface area contributed by atoms with E-state index in [4.69, 9.17) is 24.7 Å². The number of fused-ring (bicyclic) bond motifs is 1. The summed E-state index contributed by atoms with van der Waals surface area (Å²) in [5.74, 6) is -0.260. The molecule has 0 spiro atoms. The molecule has 0 saturated heterocycles. The maximum Gasteiger partial charge on any atom is 0.343 e. The van der Waals surface area contributed by atoms with Crippen molar-refractivity contribution >= 4 is 11.9 Å². The molecule has 8 nitrogen and oxygen atoms in total. The Morgan fingerprint density at radius 2 is 1.61 bits per heavy atom. The number of nitrogens with zero attached hydrogens (tertiary/aromatic N) is 1. The summed E-state index contributed by atoms with van der Waals surface area (Å²) in [6.07, 6.45) is 0.888. The summed E-state index contributed by atoms with van der Waals surface area (Å²) in [5.41, 5.74) is 8.46. The lowest BCUT2D eigenvalue weighted by molar-refractivity contribution is 0.0600. The number of rotatable bonds is 7. The number of benzene rings is 3. The summed E-state index contributed by atoms with van der Waals surface area (Å²) < 4.78 is 21.5. The highest BCUT2D eigenvalue weighted by molar-refractivity contribution is 5.91. The van der Waals surface area contributed by atoms with Crippen LogP contribution in [-0.4, -0.2) is 25.7 Å². The van der Waals surface area contributed by atoms with Crippen LogP contribution in [0, 0.1) is 11.3 Å². The summed E-state index contributed by atoms with van der Waals surface area (Å²) in [6.45, 7) is 2.61. The average Bonchev–Trinajstić information content (AvgIpc) is 2.91. The van der Waals surface area contributed by atoms with Crippen LogP contribution in [0.25, 0.3) is 0 Å². The molecule has 0 amide bonds. The normalized spacial score (nSPS) is 14.2. The first-order chi connectivity index (χ1) is 17.4. The van der Waals surface area contributed by atoms with Gasteiger partial charge in [0.25, 0.3) is 0 Å². The lowest BCUT2D eigenvalue weighted by Crippen LogP contribution is -2.21. The summed E-state index contributed by atoms with van der Waals surface area (Å²) in [7, 11) is 1.31. The van der Waals surface area contributed by atoms with Crippen LogP contribution < -0.4 is 19.9 Å². The minimum atomic E-state index is -0.538. The Morgan fingerprint density at radius 1 is 0.972 bits per heavy atom. The van der Waals surface area contributed by atoms with Crippen LogP contribution in [0.4, 0.5) is 0 Å². The van der Waals surface area contributed by atoms with Crippen LogP contribution in [0.3, 0.4) is 0 Å². The van der Waals surface area contributed by atoms with Crippen molar-refractivity contribution < 1.29 is 28.5 Å². The molecule has 0 aromatic heterocycles. The lowest BCUT2D eigenvalue weighted by atomic mass is 9.83. The van der Waals surface area contributed by atoms with Gasteiger partial charge in [0.1, 0.15) is 28.9 Å². The van der Waals surface area contributed by atoms with Gasteiger partial charge in [0, 0.05) is 11.6 Å². The molecule has 1 heterocycles. The van der Waals surface area contributed by atoms with Crippen molar-refractivity contribution in [2.24, 2.45) is 5.73 Å². The zero-order valence-corrected chi connectivity index (χ0v) is 19.8. The number of nitrogens with two attached hydrogens (primary N) is 1. The third-order valence-corrected chi connectivity index (χ3v) is 5.63. The molecule has 4 rings (SSSR count). The third kappa shape index (κ3) is 5.00. The van der Waals surface area contributed by atoms with E-state index in [0.29, 0.717) is 34.8 Å². The van der Waals surface area contributed by atoms with Gasteiger partial charge >= 0.3 is 11.9 Å². The van der Waals surface area contributed by atoms with Crippen molar-refractivity contribution in [1.82, 2.24) is 0 Å². The molecule has 0 aliphatic carbocycles. The first-order valence-corrected chi connectivity index (χ1v) is 11.3. The Kier molecular flexibility index (Phi) is 7.21. The van der Waals surface area contributed by atoms with E-state index in [2.05, 4.69) is 6.07 Å². The molecule has 3 aromatic rings. The monoisotopic (exact) mass is 484 g/mol. The van der Waals surface area contributed by atoms with Crippen molar-refractivity contribution in [3.63, 3.8) is 0 Å². The van der Waals surface area contributed by atoms with Crippen molar-refractivity contribution in [3.8, 4) is 23.3 Å². The molecule has 1 unspecified atom stereocenters. The number of carbonyl (C=O) groups is 2. The van der Waals surface area contributed by atoms with Crippen molar-refractivity contribution in [1.29, 1.82) is 5.26 Å². The molecular weight excluding hydrogens is 460 g/mol. The number of hydrogen-bond donors (Lipinski definition) is 1. The quantitative estimate of drug-likeness (QED) is 0.378. The SMILES string of the molecule is CCCOc1ccc(C(=O)Oc2ccc3c(c2)OC(N)=C(C#N)C3c2ccc(C(=O)OC)cc2)cc1. The summed E-state index contributed by atoms with van der Waals surface area (Å²) in [6, 6.07) is 20.4. The predicted molar refractivity (Wildman–Crippen MR) is 131 cm³/mol. The summed E-state index contributed by atoms with van der Waals surface area (Å²) >= 11 is 0. The minimum Gasteiger partial charge on any atom is -0.494 e. The molecule has 0 bridgehead atoms. The predicted octanol–water partition coefficient (Wildman–Crippen LogP) is 4.70. The molecule has 2 N–H and O–H groups in total. The molecule has 8 heteroatoms. The van der Waals surface area contributed by atoms with Gasteiger partial charge in [0.2, 0.25) is 5.88 Å². The molecule has 1 atom stereocenters. The van der Waals surface area contributed by atoms with E-state index in [1.807, 2.05) is 6.92 Å². The minimum absolute atomic E-state index is 0.0433. The number of nitriles is 1. The van der Waals surface area contributed by atoms with Gasteiger partial charge in [0.15, 0.2) is 0 Å². The Labute approximate surface area is 208 Å². The Morgan fingerprint density at radius 3 is 2.25 bits per heavy atom. The van der Waals surface area contributed by atoms with E-state index in [0.717, 1.165) is 12.0 Å². The van der Waals surface area contributed by atoms with E-state index in [1.54, 1.807) is 66.7 Å². The van der Waals surface area contributed by atoms with Crippen LogP contribution in [0.2, 0.25) is 0 Å². The van der Waals surface area contributed by atoms with Crippen LogP contribution in [0.1, 0.15) is 51.1 Å². The van der Waals surface area contributed by atoms with Gasteiger partial charge in [-0.25, -0.2) is 9.59 Å². The summed E-state index contributed by atoms with van der Waals surface area (Å²) in [5, 5.41) is 9.75. The average molecular weight is 485 g/mol. The van der Waals surface area contributed by atoms with Gasteiger partial charge in [-0.2, -0.15) is 5.26 Å². The smallest absolute Gasteiger partial charge is 0.343 e. The molecular formula is C28H24N2O6. The second-order valence-corrected chi connectivity index (χ2v) is 8.00. The largest absolute Gasteiger partial charge is 0.494 e. The zero-order chi connectivity index (χ0) is 25.7. The molecule has 3 aromatic carbocycles. The number of methoxy groups -OCH3 is 1. The fraction of sp³-hybridized carbons (Fsp3) is 0.179. The number of allylic oxidation sites excluding steroid dienone is 1. The highest BCUT2D eigenvalue weighted by Gasteiger charge is 2.31. The van der Waals surface area contributed by atoms with Crippen LogP contribution in [0.5, 0.6) is 17.2 Å². The molecule has 182 valence electrons. The van der Waals surface area contributed by atoms with E-state index in [-0.39, 0.29) is 17.2 Å². The highest BCUT2D eigenvalue weighted by Crippen LogP contribution is 2.43. The van der Waals surface area contributed by atoms with E-state index in [9.17, 15) is 14.9 Å². The topological polar surface area (TPSA) is 121 Å². The van der Waals surface area contributed by atoms with Crippen LogP contribution >= 0.6 is 0 Å². The van der Waals surface area contributed by atoms with Gasteiger partial charge in [-0.1, -0.05) is 25.1 Å². The number of hydrogen-bond acceptors (Lipinski definition) is 8. The van der Waals surface area contributed by atoms with Crippen LogP contribution in [-0.2, 0) is 4.74 Å². The third-order valence-electron chi connectivity index (χ3n) is 5.63. The standard InChI is InChI=1S/C28H24N2O6/c1-3-14-34-20-10-8-19(9-11-20)28(32)35-21-12-13-22-24(15-21)36-26(30)23(16-29)25(22)17-4-6-18(7-5-17)27(31)33-2/h4-13,15,25H,3,14,30H2,1-2H3. The summed E-state index contributed by atoms with van der Waals surface area (Å²) in [4.78, 5) is 24.4. The molecule has 36 heavy (non-hydrogen) atoms.